The Morgan fingerprint density at radius 3 is 2.69 bits per heavy atom. The lowest BCUT2D eigenvalue weighted by molar-refractivity contribution is -0.386. The van der Waals surface area contributed by atoms with E-state index < -0.39 is 10.9 Å². The smallest absolute Gasteiger partial charge is 0.337 e. The molecule has 3 aromatic rings. The van der Waals surface area contributed by atoms with Gasteiger partial charge in [0.1, 0.15) is 0 Å². The van der Waals surface area contributed by atoms with Gasteiger partial charge in [-0.05, 0) is 18.2 Å². The molecule has 9 nitrogen and oxygen atoms in total. The summed E-state index contributed by atoms with van der Waals surface area (Å²) in [6, 6.07) is 12.8. The molecule has 0 atom stereocenters. The van der Waals surface area contributed by atoms with E-state index in [2.05, 4.69) is 14.9 Å². The van der Waals surface area contributed by atoms with Gasteiger partial charge in [-0.2, -0.15) is 4.98 Å². The van der Waals surface area contributed by atoms with Crippen LogP contribution in [0.15, 0.2) is 53.1 Å². The molecule has 1 aromatic heterocycles. The van der Waals surface area contributed by atoms with Gasteiger partial charge in [0.15, 0.2) is 12.4 Å². The number of esters is 1. The number of benzene rings is 2. The highest BCUT2D eigenvalue weighted by molar-refractivity contribution is 5.90. The van der Waals surface area contributed by atoms with E-state index in [0.717, 1.165) is 5.56 Å². The normalized spacial score (nSPS) is 10.3. The third kappa shape index (κ3) is 3.66. The molecule has 1 heterocycles. The van der Waals surface area contributed by atoms with Gasteiger partial charge >= 0.3 is 11.7 Å². The third-order valence-corrected chi connectivity index (χ3v) is 3.42. The molecule has 0 unspecified atom stereocenters. The topological polar surface area (TPSA) is 118 Å². The highest BCUT2D eigenvalue weighted by Crippen LogP contribution is 2.29. The molecular formula is C17H13N3O6. The zero-order chi connectivity index (χ0) is 18.5. The first kappa shape index (κ1) is 17.1. The molecule has 9 heteroatoms. The van der Waals surface area contributed by atoms with E-state index in [9.17, 15) is 14.9 Å². The number of methoxy groups -OCH3 is 1. The van der Waals surface area contributed by atoms with Crippen molar-refractivity contribution in [3.63, 3.8) is 0 Å². The number of hydrogen-bond acceptors (Lipinski definition) is 8. The van der Waals surface area contributed by atoms with Crippen LogP contribution in [0, 0.1) is 10.1 Å². The molecule has 0 amide bonds. The molecule has 0 radical (unpaired) electrons. The number of rotatable bonds is 6. The lowest BCUT2D eigenvalue weighted by atomic mass is 10.2. The minimum absolute atomic E-state index is 0.0936. The van der Waals surface area contributed by atoms with E-state index in [1.165, 1.54) is 25.3 Å². The first-order valence-electron chi connectivity index (χ1n) is 7.46. The van der Waals surface area contributed by atoms with Crippen molar-refractivity contribution in [2.45, 2.75) is 6.61 Å². The Balaban J connectivity index is 1.79. The molecule has 26 heavy (non-hydrogen) atoms. The van der Waals surface area contributed by atoms with Crippen LogP contribution in [0.2, 0.25) is 0 Å². The second-order valence-electron chi connectivity index (χ2n) is 5.10. The molecule has 132 valence electrons. The van der Waals surface area contributed by atoms with Crippen LogP contribution < -0.4 is 4.74 Å². The first-order chi connectivity index (χ1) is 12.6. The van der Waals surface area contributed by atoms with Crippen LogP contribution in [0.1, 0.15) is 16.2 Å². The Bertz CT molecular complexity index is 939. The summed E-state index contributed by atoms with van der Waals surface area (Å²) in [5, 5.41) is 14.9. The van der Waals surface area contributed by atoms with Crippen molar-refractivity contribution in [2.75, 3.05) is 7.11 Å². The molecule has 3 rings (SSSR count). The maximum Gasteiger partial charge on any atom is 0.337 e. The van der Waals surface area contributed by atoms with Gasteiger partial charge in [0, 0.05) is 17.7 Å². The van der Waals surface area contributed by atoms with Gasteiger partial charge in [0.05, 0.1) is 17.6 Å². The van der Waals surface area contributed by atoms with Gasteiger partial charge < -0.3 is 14.0 Å². The predicted molar refractivity (Wildman–Crippen MR) is 88.5 cm³/mol. The minimum atomic E-state index is -0.629. The summed E-state index contributed by atoms with van der Waals surface area (Å²) in [5.74, 6) is -0.205. The van der Waals surface area contributed by atoms with Crippen molar-refractivity contribution >= 4 is 11.7 Å². The van der Waals surface area contributed by atoms with Gasteiger partial charge in [-0.15, -0.1) is 0 Å². The molecule has 0 fully saturated rings. The summed E-state index contributed by atoms with van der Waals surface area (Å²) in [5.41, 5.74) is 0.584. The molecule has 0 aliphatic heterocycles. The van der Waals surface area contributed by atoms with Crippen molar-refractivity contribution in [3.05, 3.63) is 70.0 Å². The lowest BCUT2D eigenvalue weighted by Gasteiger charge is -2.06. The Kier molecular flexibility index (Phi) is 4.88. The average molecular weight is 355 g/mol. The van der Waals surface area contributed by atoms with Gasteiger partial charge in [-0.25, -0.2) is 4.79 Å². The summed E-state index contributed by atoms with van der Waals surface area (Å²) in [7, 11) is 1.22. The molecule has 0 aliphatic carbocycles. The number of nitro groups is 1. The van der Waals surface area contributed by atoms with Crippen LogP contribution in [-0.4, -0.2) is 28.1 Å². The zero-order valence-electron chi connectivity index (χ0n) is 13.6. The second-order valence-corrected chi connectivity index (χ2v) is 5.10. The molecule has 0 spiro atoms. The first-order valence-corrected chi connectivity index (χ1v) is 7.46. The quantitative estimate of drug-likeness (QED) is 0.376. The van der Waals surface area contributed by atoms with Gasteiger partial charge in [-0.3, -0.25) is 10.1 Å². The minimum Gasteiger partial charge on any atom is -0.478 e. The Labute approximate surface area is 147 Å². The SMILES string of the molecule is COC(=O)c1ccc([N+](=O)[O-])c(OCc2noc(-c3ccccc3)n2)c1. The summed E-state index contributed by atoms with van der Waals surface area (Å²) >= 11 is 0. The van der Waals surface area contributed by atoms with E-state index >= 15 is 0 Å². The van der Waals surface area contributed by atoms with E-state index in [4.69, 9.17) is 9.26 Å². The van der Waals surface area contributed by atoms with E-state index in [-0.39, 0.29) is 29.4 Å². The maximum absolute atomic E-state index is 11.6. The highest BCUT2D eigenvalue weighted by Gasteiger charge is 2.19. The standard InChI is InChI=1S/C17H13N3O6/c1-24-17(21)12-7-8-13(20(22)23)14(9-12)25-10-15-18-16(26-19-15)11-5-3-2-4-6-11/h2-9H,10H2,1H3. The van der Waals surface area contributed by atoms with Crippen molar-refractivity contribution in [1.29, 1.82) is 0 Å². The van der Waals surface area contributed by atoms with Crippen LogP contribution in [0.25, 0.3) is 11.5 Å². The Hall–Kier alpha value is -3.75. The summed E-state index contributed by atoms with van der Waals surface area (Å²) < 4.78 is 15.2. The molecular weight excluding hydrogens is 342 g/mol. The lowest BCUT2D eigenvalue weighted by Crippen LogP contribution is -2.05. The van der Waals surface area contributed by atoms with E-state index in [0.29, 0.717) is 5.89 Å². The largest absolute Gasteiger partial charge is 0.478 e. The molecule has 0 saturated carbocycles. The Morgan fingerprint density at radius 1 is 1.23 bits per heavy atom. The fraction of sp³-hybridized carbons (Fsp3) is 0.118. The van der Waals surface area contributed by atoms with Crippen molar-refractivity contribution in [2.24, 2.45) is 0 Å². The van der Waals surface area contributed by atoms with Crippen LogP contribution in [0.3, 0.4) is 0 Å². The maximum atomic E-state index is 11.6. The molecule has 0 bridgehead atoms. The van der Waals surface area contributed by atoms with E-state index in [1.807, 2.05) is 30.3 Å². The fourth-order valence-corrected chi connectivity index (χ4v) is 2.18. The molecule has 0 saturated heterocycles. The fourth-order valence-electron chi connectivity index (χ4n) is 2.18. The van der Waals surface area contributed by atoms with Gasteiger partial charge in [0.25, 0.3) is 5.89 Å². The van der Waals surface area contributed by atoms with Gasteiger partial charge in [0.2, 0.25) is 5.82 Å². The van der Waals surface area contributed by atoms with E-state index in [1.54, 1.807) is 0 Å². The highest BCUT2D eigenvalue weighted by atomic mass is 16.6. The molecule has 0 N–H and O–H groups in total. The summed E-state index contributed by atoms with van der Waals surface area (Å²) in [6.07, 6.45) is 0. The number of carbonyl (C=O) groups is 1. The van der Waals surface area contributed by atoms with Crippen LogP contribution in [-0.2, 0) is 11.3 Å². The summed E-state index contributed by atoms with van der Waals surface area (Å²) in [6.45, 7) is -0.165. The molecule has 0 aliphatic rings. The number of carbonyl (C=O) groups excluding carboxylic acids is 1. The third-order valence-electron chi connectivity index (χ3n) is 3.42. The number of nitrogens with zero attached hydrogens (tertiary/aromatic N) is 3. The zero-order valence-corrected chi connectivity index (χ0v) is 13.6. The summed E-state index contributed by atoms with van der Waals surface area (Å²) in [4.78, 5) is 26.3. The monoisotopic (exact) mass is 355 g/mol. The van der Waals surface area contributed by atoms with Crippen LogP contribution in [0.5, 0.6) is 5.75 Å². The second kappa shape index (κ2) is 7.43. The van der Waals surface area contributed by atoms with Gasteiger partial charge in [-0.1, -0.05) is 23.4 Å². The number of nitro benzene ring substituents is 1. The number of ether oxygens (including phenoxy) is 2. The molecule has 2 aromatic carbocycles. The number of aromatic nitrogens is 2. The van der Waals surface area contributed by atoms with Crippen LogP contribution >= 0.6 is 0 Å². The van der Waals surface area contributed by atoms with Crippen molar-refractivity contribution in [3.8, 4) is 17.2 Å². The number of hydrogen-bond donors (Lipinski definition) is 0. The average Bonchev–Trinajstić information content (AvgIpc) is 3.15. The van der Waals surface area contributed by atoms with Crippen LogP contribution in [0.4, 0.5) is 5.69 Å². The van der Waals surface area contributed by atoms with Crippen molar-refractivity contribution < 1.29 is 23.7 Å². The Morgan fingerprint density at radius 2 is 2.00 bits per heavy atom. The predicted octanol–water partition coefficient (Wildman–Crippen LogP) is 3.01. The van der Waals surface area contributed by atoms with Crippen molar-refractivity contribution in [1.82, 2.24) is 10.1 Å².